The molecule has 0 bridgehead atoms. The number of hydrogen-bond donors (Lipinski definition) is 1. The second-order valence-electron chi connectivity index (χ2n) is 5.78. The number of halogens is 1. The molecule has 1 aliphatic rings. The first-order chi connectivity index (χ1) is 10.1. The predicted octanol–water partition coefficient (Wildman–Crippen LogP) is 5.00. The van der Waals surface area contributed by atoms with Gasteiger partial charge in [-0.15, -0.1) is 0 Å². The Kier molecular flexibility index (Phi) is 4.18. The smallest absolute Gasteiger partial charge is 0.131 e. The van der Waals surface area contributed by atoms with Crippen LogP contribution < -0.4 is 10.1 Å². The molecule has 1 aliphatic carbocycles. The van der Waals surface area contributed by atoms with Gasteiger partial charge in [-0.3, -0.25) is 0 Å². The van der Waals surface area contributed by atoms with E-state index in [1.807, 2.05) is 31.2 Å². The molecule has 0 saturated heterocycles. The first kappa shape index (κ1) is 14.4. The Hall–Kier alpha value is -1.51. The van der Waals surface area contributed by atoms with Crippen molar-refractivity contribution >= 4 is 11.6 Å². The summed E-state index contributed by atoms with van der Waals surface area (Å²) in [5.74, 6) is 1.77. The summed E-state index contributed by atoms with van der Waals surface area (Å²) in [4.78, 5) is 0. The van der Waals surface area contributed by atoms with Crippen molar-refractivity contribution in [1.29, 1.82) is 0 Å². The molecule has 21 heavy (non-hydrogen) atoms. The lowest BCUT2D eigenvalue weighted by atomic mass is 10.1. The van der Waals surface area contributed by atoms with E-state index in [2.05, 4.69) is 24.4 Å². The van der Waals surface area contributed by atoms with Crippen molar-refractivity contribution in [3.8, 4) is 11.5 Å². The maximum Gasteiger partial charge on any atom is 0.131 e. The average Bonchev–Trinajstić information content (AvgIpc) is 3.26. The third-order valence-corrected chi connectivity index (χ3v) is 3.97. The summed E-state index contributed by atoms with van der Waals surface area (Å²) in [5, 5.41) is 4.28. The Bertz CT molecular complexity index is 650. The summed E-state index contributed by atoms with van der Waals surface area (Å²) in [6, 6.07) is 12.7. The Morgan fingerprint density at radius 2 is 1.86 bits per heavy atom. The average molecular weight is 302 g/mol. The van der Waals surface area contributed by atoms with Gasteiger partial charge in [0, 0.05) is 23.2 Å². The van der Waals surface area contributed by atoms with Crippen LogP contribution in [0.1, 0.15) is 29.5 Å². The zero-order valence-corrected chi connectivity index (χ0v) is 13.2. The third-order valence-electron chi connectivity index (χ3n) is 3.73. The van der Waals surface area contributed by atoms with Gasteiger partial charge in [-0.1, -0.05) is 29.3 Å². The lowest BCUT2D eigenvalue weighted by Gasteiger charge is -2.14. The first-order valence-corrected chi connectivity index (χ1v) is 7.76. The van der Waals surface area contributed by atoms with E-state index in [9.17, 15) is 0 Å². The molecule has 2 aromatic rings. The minimum atomic E-state index is 0.690. The van der Waals surface area contributed by atoms with Crippen molar-refractivity contribution in [1.82, 2.24) is 5.32 Å². The Labute approximate surface area is 131 Å². The standard InChI is InChI=1S/C18H20ClNO/c1-12-3-7-18(14(9-12)11-20-16-5-6-16)21-17-8-4-15(19)10-13(17)2/h3-4,7-10,16,20H,5-6,11H2,1-2H3. The topological polar surface area (TPSA) is 21.3 Å². The third kappa shape index (κ3) is 3.78. The molecular formula is C18H20ClNO. The van der Waals surface area contributed by atoms with Crippen LogP contribution in [0.15, 0.2) is 36.4 Å². The molecule has 0 spiro atoms. The monoisotopic (exact) mass is 301 g/mol. The second-order valence-corrected chi connectivity index (χ2v) is 6.21. The van der Waals surface area contributed by atoms with Crippen LogP contribution in [0.25, 0.3) is 0 Å². The van der Waals surface area contributed by atoms with Gasteiger partial charge < -0.3 is 10.1 Å². The zero-order valence-electron chi connectivity index (χ0n) is 12.4. The molecule has 1 fully saturated rings. The number of ether oxygens (including phenoxy) is 1. The van der Waals surface area contributed by atoms with Gasteiger partial charge in [0.2, 0.25) is 0 Å². The highest BCUT2D eigenvalue weighted by atomic mass is 35.5. The molecule has 0 heterocycles. The largest absolute Gasteiger partial charge is 0.457 e. The summed E-state index contributed by atoms with van der Waals surface area (Å²) in [7, 11) is 0. The van der Waals surface area contributed by atoms with Crippen molar-refractivity contribution < 1.29 is 4.74 Å². The first-order valence-electron chi connectivity index (χ1n) is 7.39. The minimum absolute atomic E-state index is 0.690. The van der Waals surface area contributed by atoms with Crippen molar-refractivity contribution in [2.75, 3.05) is 0 Å². The molecule has 0 aliphatic heterocycles. The van der Waals surface area contributed by atoms with Gasteiger partial charge in [0.25, 0.3) is 0 Å². The van der Waals surface area contributed by atoms with Crippen LogP contribution >= 0.6 is 11.6 Å². The van der Waals surface area contributed by atoms with Gasteiger partial charge in [0.1, 0.15) is 11.5 Å². The maximum absolute atomic E-state index is 6.10. The van der Waals surface area contributed by atoms with Crippen LogP contribution in [0, 0.1) is 13.8 Å². The fraction of sp³-hybridized carbons (Fsp3) is 0.333. The van der Waals surface area contributed by atoms with E-state index in [1.165, 1.54) is 24.0 Å². The lowest BCUT2D eigenvalue weighted by molar-refractivity contribution is 0.469. The van der Waals surface area contributed by atoms with Crippen LogP contribution in [-0.4, -0.2) is 6.04 Å². The molecule has 1 N–H and O–H groups in total. The number of nitrogens with one attached hydrogen (secondary N) is 1. The van der Waals surface area contributed by atoms with Gasteiger partial charge in [0.15, 0.2) is 0 Å². The minimum Gasteiger partial charge on any atom is -0.457 e. The number of aryl methyl sites for hydroxylation is 2. The molecule has 3 rings (SSSR count). The van der Waals surface area contributed by atoms with E-state index in [0.29, 0.717) is 6.04 Å². The van der Waals surface area contributed by atoms with Crippen LogP contribution in [0.2, 0.25) is 5.02 Å². The maximum atomic E-state index is 6.10. The summed E-state index contributed by atoms with van der Waals surface area (Å²) >= 11 is 6.00. The van der Waals surface area contributed by atoms with Crippen LogP contribution in [0.5, 0.6) is 11.5 Å². The summed E-state index contributed by atoms with van der Waals surface area (Å²) in [5.41, 5.74) is 3.50. The van der Waals surface area contributed by atoms with Crippen molar-refractivity contribution in [2.24, 2.45) is 0 Å². The van der Waals surface area contributed by atoms with Gasteiger partial charge in [-0.25, -0.2) is 0 Å². The lowest BCUT2D eigenvalue weighted by Crippen LogP contribution is -2.15. The molecule has 2 nitrogen and oxygen atoms in total. The number of benzene rings is 2. The molecule has 0 amide bonds. The van der Waals surface area contributed by atoms with E-state index in [1.54, 1.807) is 0 Å². The molecular weight excluding hydrogens is 282 g/mol. The van der Waals surface area contributed by atoms with Gasteiger partial charge in [0.05, 0.1) is 0 Å². The zero-order chi connectivity index (χ0) is 14.8. The second kappa shape index (κ2) is 6.08. The van der Waals surface area contributed by atoms with Crippen molar-refractivity contribution in [3.05, 3.63) is 58.1 Å². The highest BCUT2D eigenvalue weighted by Crippen LogP contribution is 2.30. The van der Waals surface area contributed by atoms with E-state index in [0.717, 1.165) is 28.6 Å². The Balaban J connectivity index is 1.82. The van der Waals surface area contributed by atoms with E-state index in [-0.39, 0.29) is 0 Å². The van der Waals surface area contributed by atoms with Gasteiger partial charge in [-0.05, 0) is 56.5 Å². The molecule has 0 atom stereocenters. The molecule has 0 aromatic heterocycles. The highest BCUT2D eigenvalue weighted by molar-refractivity contribution is 6.30. The fourth-order valence-corrected chi connectivity index (χ4v) is 2.56. The van der Waals surface area contributed by atoms with Crippen molar-refractivity contribution in [2.45, 2.75) is 39.3 Å². The van der Waals surface area contributed by atoms with E-state index >= 15 is 0 Å². The van der Waals surface area contributed by atoms with Crippen LogP contribution in [0.4, 0.5) is 0 Å². The summed E-state index contributed by atoms with van der Waals surface area (Å²) < 4.78 is 6.10. The summed E-state index contributed by atoms with van der Waals surface area (Å²) in [6.07, 6.45) is 2.58. The quantitative estimate of drug-likeness (QED) is 0.839. The molecule has 0 unspecified atom stereocenters. The fourth-order valence-electron chi connectivity index (χ4n) is 2.33. The van der Waals surface area contributed by atoms with E-state index in [4.69, 9.17) is 16.3 Å². The molecule has 1 saturated carbocycles. The number of hydrogen-bond acceptors (Lipinski definition) is 2. The Morgan fingerprint density at radius 3 is 2.57 bits per heavy atom. The SMILES string of the molecule is Cc1ccc(Oc2ccc(Cl)cc2C)c(CNC2CC2)c1. The number of rotatable bonds is 5. The normalized spacial score (nSPS) is 14.2. The van der Waals surface area contributed by atoms with Crippen LogP contribution in [-0.2, 0) is 6.54 Å². The predicted molar refractivity (Wildman–Crippen MR) is 87.3 cm³/mol. The highest BCUT2D eigenvalue weighted by Gasteiger charge is 2.20. The van der Waals surface area contributed by atoms with E-state index < -0.39 is 0 Å². The molecule has 2 aromatic carbocycles. The molecule has 0 radical (unpaired) electrons. The van der Waals surface area contributed by atoms with Crippen molar-refractivity contribution in [3.63, 3.8) is 0 Å². The van der Waals surface area contributed by atoms with Gasteiger partial charge >= 0.3 is 0 Å². The molecule has 3 heteroatoms. The molecule has 110 valence electrons. The Morgan fingerprint density at radius 1 is 1.10 bits per heavy atom. The van der Waals surface area contributed by atoms with Crippen LogP contribution in [0.3, 0.4) is 0 Å². The summed E-state index contributed by atoms with van der Waals surface area (Å²) in [6.45, 7) is 4.98. The van der Waals surface area contributed by atoms with Gasteiger partial charge in [-0.2, -0.15) is 0 Å².